The second-order valence-corrected chi connectivity index (χ2v) is 5.28. The topological polar surface area (TPSA) is 46.0 Å². The van der Waals surface area contributed by atoms with Crippen molar-refractivity contribution in [3.8, 4) is 11.1 Å². The van der Waals surface area contributed by atoms with Crippen LogP contribution in [0.2, 0.25) is 0 Å². The molecule has 0 saturated heterocycles. The molecule has 0 aliphatic carbocycles. The van der Waals surface area contributed by atoms with E-state index >= 15 is 0 Å². The Morgan fingerprint density at radius 3 is 2.25 bits per heavy atom. The van der Waals surface area contributed by atoms with E-state index in [1.165, 1.54) is 6.21 Å². The predicted molar refractivity (Wildman–Crippen MR) is 87.3 cm³/mol. The van der Waals surface area contributed by atoms with Crippen molar-refractivity contribution >= 4 is 18.4 Å². The van der Waals surface area contributed by atoms with Crippen LogP contribution >= 0.6 is 12.2 Å². The van der Waals surface area contributed by atoms with E-state index in [4.69, 9.17) is 12.2 Å². The first-order chi connectivity index (χ1) is 11.4. The van der Waals surface area contributed by atoms with Gasteiger partial charge in [-0.25, -0.2) is 5.10 Å². The fraction of sp³-hybridized carbons (Fsp3) is 0.0625. The van der Waals surface area contributed by atoms with Gasteiger partial charge in [0.2, 0.25) is 4.77 Å². The van der Waals surface area contributed by atoms with Gasteiger partial charge in [-0.2, -0.15) is 22.9 Å². The number of benzene rings is 2. The molecule has 0 aliphatic heterocycles. The van der Waals surface area contributed by atoms with Crippen molar-refractivity contribution in [2.45, 2.75) is 6.18 Å². The Bertz CT molecular complexity index is 909. The zero-order valence-electron chi connectivity index (χ0n) is 12.2. The maximum Gasteiger partial charge on any atom is 0.453 e. The van der Waals surface area contributed by atoms with Gasteiger partial charge in [0.1, 0.15) is 0 Å². The number of hydrogen-bond acceptors (Lipinski definition) is 3. The summed E-state index contributed by atoms with van der Waals surface area (Å²) < 4.78 is 38.7. The maximum atomic E-state index is 12.8. The third-order valence-corrected chi connectivity index (χ3v) is 3.51. The number of nitrogens with one attached hydrogen (secondary N) is 1. The Labute approximate surface area is 140 Å². The summed E-state index contributed by atoms with van der Waals surface area (Å²) in [5, 5.41) is 9.03. The molecule has 0 aliphatic rings. The number of halogens is 3. The fourth-order valence-electron chi connectivity index (χ4n) is 2.10. The summed E-state index contributed by atoms with van der Waals surface area (Å²) in [6, 6.07) is 17.0. The zero-order chi connectivity index (χ0) is 17.2. The number of rotatable bonds is 3. The van der Waals surface area contributed by atoms with Gasteiger partial charge < -0.3 is 0 Å². The highest BCUT2D eigenvalue weighted by atomic mass is 32.1. The summed E-state index contributed by atoms with van der Waals surface area (Å²) >= 11 is 4.77. The molecule has 1 N–H and O–H groups in total. The second kappa shape index (κ2) is 6.40. The third kappa shape index (κ3) is 3.43. The van der Waals surface area contributed by atoms with Crippen LogP contribution in [0.15, 0.2) is 59.7 Å². The van der Waals surface area contributed by atoms with Crippen molar-refractivity contribution in [1.82, 2.24) is 14.9 Å². The lowest BCUT2D eigenvalue weighted by molar-refractivity contribution is -0.147. The van der Waals surface area contributed by atoms with E-state index in [1.54, 1.807) is 12.1 Å². The Balaban J connectivity index is 1.86. The first kappa shape index (κ1) is 16.1. The molecule has 8 heteroatoms. The molecule has 0 amide bonds. The molecule has 2 aromatic carbocycles. The number of nitrogens with zero attached hydrogens (tertiary/aromatic N) is 3. The standard InChI is InChI=1S/C16H11F3N4S/c17-16(18,19)14-21-22-15(24)23(14)20-10-11-6-8-13(9-7-11)12-4-2-1-3-5-12/h1-10H,(H,22,24)/b20-10-. The van der Waals surface area contributed by atoms with Gasteiger partial charge in [-0.1, -0.05) is 54.6 Å². The molecule has 122 valence electrons. The Morgan fingerprint density at radius 2 is 1.62 bits per heavy atom. The molecule has 3 rings (SSSR count). The Hall–Kier alpha value is -2.74. The number of aromatic amines is 1. The van der Waals surface area contributed by atoms with Crippen molar-refractivity contribution in [2.75, 3.05) is 0 Å². The normalized spacial score (nSPS) is 12.0. The molecule has 1 aromatic heterocycles. The summed E-state index contributed by atoms with van der Waals surface area (Å²) in [7, 11) is 0. The van der Waals surface area contributed by atoms with Crippen LogP contribution in [0.5, 0.6) is 0 Å². The first-order valence-corrected chi connectivity index (χ1v) is 7.30. The summed E-state index contributed by atoms with van der Waals surface area (Å²) in [6.45, 7) is 0. The molecule has 0 spiro atoms. The van der Waals surface area contributed by atoms with Gasteiger partial charge in [-0.15, -0.1) is 5.10 Å². The number of hydrogen-bond donors (Lipinski definition) is 1. The van der Waals surface area contributed by atoms with Crippen molar-refractivity contribution in [1.29, 1.82) is 0 Å². The highest BCUT2D eigenvalue weighted by Gasteiger charge is 2.37. The molecule has 0 radical (unpaired) electrons. The molecular formula is C16H11F3N4S. The van der Waals surface area contributed by atoms with Crippen LogP contribution in [0.25, 0.3) is 11.1 Å². The number of alkyl halides is 3. The smallest absolute Gasteiger partial charge is 0.250 e. The molecule has 0 bridgehead atoms. The van der Waals surface area contributed by atoms with E-state index < -0.39 is 12.0 Å². The molecule has 3 aromatic rings. The lowest BCUT2D eigenvalue weighted by atomic mass is 10.0. The number of aromatic nitrogens is 3. The van der Waals surface area contributed by atoms with Gasteiger partial charge in [0.25, 0.3) is 5.82 Å². The van der Waals surface area contributed by atoms with E-state index in [0.717, 1.165) is 11.1 Å². The summed E-state index contributed by atoms with van der Waals surface area (Å²) in [5.41, 5.74) is 2.70. The monoisotopic (exact) mass is 348 g/mol. The molecule has 0 saturated carbocycles. The van der Waals surface area contributed by atoms with Gasteiger partial charge in [0, 0.05) is 0 Å². The maximum absolute atomic E-state index is 12.8. The van der Waals surface area contributed by atoms with E-state index in [0.29, 0.717) is 10.2 Å². The average molecular weight is 348 g/mol. The van der Waals surface area contributed by atoms with Gasteiger partial charge in [-0.05, 0) is 28.9 Å². The van der Waals surface area contributed by atoms with Gasteiger partial charge >= 0.3 is 6.18 Å². The SMILES string of the molecule is FC(F)(F)c1n[nH]c(=S)n1/N=C\c1ccc(-c2ccccc2)cc1. The van der Waals surface area contributed by atoms with Crippen LogP contribution in [0.4, 0.5) is 13.2 Å². The summed E-state index contributed by atoms with van der Waals surface area (Å²) in [4.78, 5) is 0. The molecule has 0 unspecified atom stereocenters. The van der Waals surface area contributed by atoms with Crippen molar-refractivity contribution < 1.29 is 13.2 Å². The summed E-state index contributed by atoms with van der Waals surface area (Å²) in [6.07, 6.45) is -3.34. The van der Waals surface area contributed by atoms with Gasteiger partial charge in [0.05, 0.1) is 6.21 Å². The van der Waals surface area contributed by atoms with Crippen molar-refractivity contribution in [2.24, 2.45) is 5.10 Å². The van der Waals surface area contributed by atoms with Crippen LogP contribution in [0.3, 0.4) is 0 Å². The minimum absolute atomic E-state index is 0.223. The second-order valence-electron chi connectivity index (χ2n) is 4.89. The Kier molecular flexibility index (Phi) is 4.30. The molecule has 0 atom stereocenters. The largest absolute Gasteiger partial charge is 0.453 e. The van der Waals surface area contributed by atoms with Crippen LogP contribution in [0, 0.1) is 4.77 Å². The Morgan fingerprint density at radius 1 is 1.00 bits per heavy atom. The highest BCUT2D eigenvalue weighted by Crippen LogP contribution is 2.27. The van der Waals surface area contributed by atoms with Crippen LogP contribution in [-0.4, -0.2) is 21.1 Å². The van der Waals surface area contributed by atoms with Gasteiger partial charge in [0.15, 0.2) is 0 Å². The van der Waals surface area contributed by atoms with Crippen molar-refractivity contribution in [3.63, 3.8) is 0 Å². The van der Waals surface area contributed by atoms with E-state index in [2.05, 4.69) is 15.3 Å². The van der Waals surface area contributed by atoms with Gasteiger partial charge in [-0.3, -0.25) is 0 Å². The van der Waals surface area contributed by atoms with Crippen LogP contribution in [0.1, 0.15) is 11.4 Å². The van der Waals surface area contributed by atoms with E-state index in [1.807, 2.05) is 42.5 Å². The lowest BCUT2D eigenvalue weighted by Gasteiger charge is -2.04. The third-order valence-electron chi connectivity index (χ3n) is 3.24. The van der Waals surface area contributed by atoms with E-state index in [9.17, 15) is 13.2 Å². The first-order valence-electron chi connectivity index (χ1n) is 6.89. The zero-order valence-corrected chi connectivity index (χ0v) is 13.0. The average Bonchev–Trinajstić information content (AvgIpc) is 2.95. The van der Waals surface area contributed by atoms with Crippen LogP contribution in [-0.2, 0) is 6.18 Å². The minimum Gasteiger partial charge on any atom is -0.250 e. The highest BCUT2D eigenvalue weighted by molar-refractivity contribution is 7.71. The lowest BCUT2D eigenvalue weighted by Crippen LogP contribution is -2.12. The molecule has 1 heterocycles. The molecular weight excluding hydrogens is 337 g/mol. The molecule has 24 heavy (non-hydrogen) atoms. The predicted octanol–water partition coefficient (Wildman–Crippen LogP) is 4.51. The van der Waals surface area contributed by atoms with Crippen LogP contribution < -0.4 is 0 Å². The van der Waals surface area contributed by atoms with E-state index in [-0.39, 0.29) is 4.77 Å². The molecule has 0 fully saturated rings. The number of H-pyrrole nitrogens is 1. The minimum atomic E-state index is -4.64. The summed E-state index contributed by atoms with van der Waals surface area (Å²) in [5.74, 6) is -1.19. The fourth-order valence-corrected chi connectivity index (χ4v) is 2.28. The van der Waals surface area contributed by atoms with Crippen molar-refractivity contribution in [3.05, 3.63) is 70.8 Å². The molecule has 4 nitrogen and oxygen atoms in total. The quantitative estimate of drug-likeness (QED) is 0.559.